The van der Waals surface area contributed by atoms with Crippen LogP contribution in [0.1, 0.15) is 25.7 Å². The largest absolute Gasteiger partial charge is 0.497 e. The highest BCUT2D eigenvalue weighted by Gasteiger charge is 2.19. The van der Waals surface area contributed by atoms with Gasteiger partial charge in [0, 0.05) is 23.5 Å². The standard InChI is InChI=1S/C17H21ClN2O/c1-21-15-6-7-16-13(10-15)8-9-19-17(16)20-11-12-2-4-14(18)5-3-12/h6-10,12,14H,2-5,11H2,1H3,(H,19,20). The van der Waals surface area contributed by atoms with Crippen molar-refractivity contribution in [3.8, 4) is 5.75 Å². The Balaban J connectivity index is 1.72. The minimum absolute atomic E-state index is 0.379. The highest BCUT2D eigenvalue weighted by molar-refractivity contribution is 6.20. The van der Waals surface area contributed by atoms with Gasteiger partial charge in [0.15, 0.2) is 0 Å². The Bertz CT molecular complexity index is 609. The number of fused-ring (bicyclic) bond motifs is 1. The summed E-state index contributed by atoms with van der Waals surface area (Å²) in [6, 6.07) is 8.11. The highest BCUT2D eigenvalue weighted by Crippen LogP contribution is 2.29. The number of hydrogen-bond acceptors (Lipinski definition) is 3. The van der Waals surface area contributed by atoms with Crippen molar-refractivity contribution in [1.29, 1.82) is 0 Å². The second kappa shape index (κ2) is 6.52. The molecule has 0 aliphatic heterocycles. The molecule has 1 saturated carbocycles. The number of ether oxygens (including phenoxy) is 1. The van der Waals surface area contributed by atoms with E-state index in [2.05, 4.69) is 16.4 Å². The third-order valence-electron chi connectivity index (χ3n) is 4.31. The lowest BCUT2D eigenvalue weighted by Crippen LogP contribution is -2.21. The molecule has 1 aromatic carbocycles. The molecule has 1 N–H and O–H groups in total. The molecule has 0 atom stereocenters. The summed E-state index contributed by atoms with van der Waals surface area (Å²) < 4.78 is 5.27. The molecule has 112 valence electrons. The van der Waals surface area contributed by atoms with Crippen LogP contribution in [-0.4, -0.2) is 24.0 Å². The van der Waals surface area contributed by atoms with Crippen molar-refractivity contribution in [2.24, 2.45) is 5.92 Å². The van der Waals surface area contributed by atoms with Crippen LogP contribution in [0.4, 0.5) is 5.82 Å². The number of halogens is 1. The van der Waals surface area contributed by atoms with E-state index in [0.717, 1.165) is 41.7 Å². The van der Waals surface area contributed by atoms with Crippen molar-refractivity contribution in [3.63, 3.8) is 0 Å². The van der Waals surface area contributed by atoms with E-state index < -0.39 is 0 Å². The van der Waals surface area contributed by atoms with Crippen LogP contribution < -0.4 is 10.1 Å². The van der Waals surface area contributed by atoms with Gasteiger partial charge in [-0.3, -0.25) is 0 Å². The summed E-state index contributed by atoms with van der Waals surface area (Å²) in [4.78, 5) is 4.48. The van der Waals surface area contributed by atoms with Gasteiger partial charge in [-0.1, -0.05) is 0 Å². The predicted molar refractivity (Wildman–Crippen MR) is 88.4 cm³/mol. The number of methoxy groups -OCH3 is 1. The first-order chi connectivity index (χ1) is 10.3. The van der Waals surface area contributed by atoms with Crippen molar-refractivity contribution >= 4 is 28.2 Å². The minimum atomic E-state index is 0.379. The fraction of sp³-hybridized carbons (Fsp3) is 0.471. The average molecular weight is 305 g/mol. The molecule has 0 bridgehead atoms. The van der Waals surface area contributed by atoms with E-state index in [4.69, 9.17) is 16.3 Å². The number of nitrogens with one attached hydrogen (secondary N) is 1. The van der Waals surface area contributed by atoms with Gasteiger partial charge in [-0.25, -0.2) is 4.98 Å². The molecule has 0 spiro atoms. The first-order valence-electron chi connectivity index (χ1n) is 7.57. The second-order valence-corrected chi connectivity index (χ2v) is 6.36. The molecular weight excluding hydrogens is 284 g/mol. The van der Waals surface area contributed by atoms with E-state index in [1.165, 1.54) is 12.8 Å². The summed E-state index contributed by atoms with van der Waals surface area (Å²) in [7, 11) is 1.69. The van der Waals surface area contributed by atoms with Gasteiger partial charge in [0.2, 0.25) is 0 Å². The monoisotopic (exact) mass is 304 g/mol. The molecule has 1 heterocycles. The Morgan fingerprint density at radius 1 is 1.24 bits per heavy atom. The second-order valence-electron chi connectivity index (χ2n) is 5.75. The molecule has 0 unspecified atom stereocenters. The van der Waals surface area contributed by atoms with Crippen molar-refractivity contribution in [2.75, 3.05) is 19.0 Å². The molecule has 21 heavy (non-hydrogen) atoms. The van der Waals surface area contributed by atoms with Crippen LogP contribution >= 0.6 is 11.6 Å². The SMILES string of the molecule is COc1ccc2c(NCC3CCC(Cl)CC3)nccc2c1. The van der Waals surface area contributed by atoms with Gasteiger partial charge in [-0.15, -0.1) is 11.6 Å². The number of anilines is 1. The lowest BCUT2D eigenvalue weighted by molar-refractivity contribution is 0.378. The molecule has 1 aliphatic rings. The summed E-state index contributed by atoms with van der Waals surface area (Å²) in [5.41, 5.74) is 0. The number of benzene rings is 1. The third kappa shape index (κ3) is 3.41. The van der Waals surface area contributed by atoms with E-state index in [-0.39, 0.29) is 0 Å². The van der Waals surface area contributed by atoms with Gasteiger partial charge in [0.25, 0.3) is 0 Å². The molecule has 0 amide bonds. The van der Waals surface area contributed by atoms with Gasteiger partial charge in [0.1, 0.15) is 11.6 Å². The van der Waals surface area contributed by atoms with Crippen LogP contribution in [0.2, 0.25) is 0 Å². The van der Waals surface area contributed by atoms with E-state index in [1.807, 2.05) is 24.4 Å². The lowest BCUT2D eigenvalue weighted by Gasteiger charge is -2.25. The number of nitrogens with zero attached hydrogens (tertiary/aromatic N) is 1. The molecular formula is C17H21ClN2O. The van der Waals surface area contributed by atoms with E-state index >= 15 is 0 Å². The lowest BCUT2D eigenvalue weighted by atomic mass is 9.89. The number of aromatic nitrogens is 1. The van der Waals surface area contributed by atoms with Crippen molar-refractivity contribution < 1.29 is 4.74 Å². The summed E-state index contributed by atoms with van der Waals surface area (Å²) in [5.74, 6) is 2.54. The van der Waals surface area contributed by atoms with Crippen LogP contribution in [0.5, 0.6) is 5.75 Å². The number of hydrogen-bond donors (Lipinski definition) is 1. The summed E-state index contributed by atoms with van der Waals surface area (Å²) in [6.45, 7) is 0.974. The van der Waals surface area contributed by atoms with E-state index in [1.54, 1.807) is 7.11 Å². The maximum Gasteiger partial charge on any atom is 0.133 e. The van der Waals surface area contributed by atoms with Gasteiger partial charge < -0.3 is 10.1 Å². The van der Waals surface area contributed by atoms with Crippen molar-refractivity contribution in [1.82, 2.24) is 4.98 Å². The van der Waals surface area contributed by atoms with Crippen LogP contribution in [0.15, 0.2) is 30.5 Å². The van der Waals surface area contributed by atoms with Gasteiger partial charge in [-0.2, -0.15) is 0 Å². The van der Waals surface area contributed by atoms with E-state index in [0.29, 0.717) is 11.3 Å². The zero-order valence-electron chi connectivity index (χ0n) is 12.3. The van der Waals surface area contributed by atoms with E-state index in [9.17, 15) is 0 Å². The molecule has 3 nitrogen and oxygen atoms in total. The molecule has 3 rings (SSSR count). The Morgan fingerprint density at radius 3 is 2.81 bits per heavy atom. The van der Waals surface area contributed by atoms with Gasteiger partial charge in [0.05, 0.1) is 7.11 Å². The normalized spacial score (nSPS) is 22.2. The van der Waals surface area contributed by atoms with Crippen LogP contribution in [0.3, 0.4) is 0 Å². The zero-order valence-corrected chi connectivity index (χ0v) is 13.1. The molecule has 2 aromatic rings. The summed E-state index contributed by atoms with van der Waals surface area (Å²) >= 11 is 6.16. The summed E-state index contributed by atoms with van der Waals surface area (Å²) in [6.07, 6.45) is 6.53. The zero-order chi connectivity index (χ0) is 14.7. The van der Waals surface area contributed by atoms with Crippen LogP contribution in [-0.2, 0) is 0 Å². The molecule has 1 aliphatic carbocycles. The molecule has 0 saturated heterocycles. The average Bonchev–Trinajstić information content (AvgIpc) is 2.53. The maximum atomic E-state index is 6.16. The molecule has 1 aromatic heterocycles. The Hall–Kier alpha value is -1.48. The van der Waals surface area contributed by atoms with Gasteiger partial charge in [-0.05, 0) is 61.3 Å². The Morgan fingerprint density at radius 2 is 2.05 bits per heavy atom. The maximum absolute atomic E-state index is 6.16. The quantitative estimate of drug-likeness (QED) is 0.847. The highest BCUT2D eigenvalue weighted by atomic mass is 35.5. The fourth-order valence-corrected chi connectivity index (χ4v) is 3.24. The smallest absolute Gasteiger partial charge is 0.133 e. The first-order valence-corrected chi connectivity index (χ1v) is 8.00. The fourth-order valence-electron chi connectivity index (χ4n) is 2.99. The Labute approximate surface area is 130 Å². The summed E-state index contributed by atoms with van der Waals surface area (Å²) in [5, 5.41) is 6.19. The van der Waals surface area contributed by atoms with Gasteiger partial charge >= 0.3 is 0 Å². The predicted octanol–water partition coefficient (Wildman–Crippen LogP) is 4.45. The Kier molecular flexibility index (Phi) is 4.49. The van der Waals surface area contributed by atoms with Crippen molar-refractivity contribution in [3.05, 3.63) is 30.5 Å². The first kappa shape index (κ1) is 14.5. The molecule has 1 fully saturated rings. The van der Waals surface area contributed by atoms with Crippen LogP contribution in [0, 0.1) is 5.92 Å². The number of rotatable bonds is 4. The van der Waals surface area contributed by atoms with Crippen molar-refractivity contribution in [2.45, 2.75) is 31.1 Å². The van der Waals surface area contributed by atoms with Crippen LogP contribution in [0.25, 0.3) is 10.8 Å². The molecule has 4 heteroatoms. The molecule has 0 radical (unpaired) electrons. The number of alkyl halides is 1. The number of pyridine rings is 1. The third-order valence-corrected chi connectivity index (χ3v) is 4.74. The minimum Gasteiger partial charge on any atom is -0.497 e. The topological polar surface area (TPSA) is 34.1 Å².